The van der Waals surface area contributed by atoms with Crippen LogP contribution in [0.5, 0.6) is 0 Å². The van der Waals surface area contributed by atoms with Crippen LogP contribution >= 0.6 is 0 Å². The Balaban J connectivity index is 1.11. The van der Waals surface area contributed by atoms with E-state index < -0.39 is 61.1 Å². The van der Waals surface area contributed by atoms with Crippen molar-refractivity contribution in [3.8, 4) is 0 Å². The molecule has 2 aliphatic rings. The van der Waals surface area contributed by atoms with Gasteiger partial charge in [0.2, 0.25) is 11.7 Å². The normalized spacial score (nSPS) is 17.0. The zero-order valence-electron chi connectivity index (χ0n) is 23.2. The molecule has 1 atom stereocenters. The van der Waals surface area contributed by atoms with Crippen molar-refractivity contribution in [3.63, 3.8) is 0 Å². The Morgan fingerprint density at radius 2 is 1.78 bits per heavy atom. The van der Waals surface area contributed by atoms with Gasteiger partial charge in [-0.15, -0.1) is 0 Å². The van der Waals surface area contributed by atoms with Crippen LogP contribution in [0.25, 0.3) is 5.78 Å². The van der Waals surface area contributed by atoms with Crippen LogP contribution in [0.4, 0.5) is 42.9 Å². The summed E-state index contributed by atoms with van der Waals surface area (Å²) in [6.07, 6.45) is -3.42. The molecule has 0 aliphatic carbocycles. The molecule has 2 fully saturated rings. The van der Waals surface area contributed by atoms with Crippen LogP contribution in [-0.2, 0) is 14.3 Å². The van der Waals surface area contributed by atoms with Gasteiger partial charge in [0.1, 0.15) is 17.5 Å². The van der Waals surface area contributed by atoms with E-state index in [0.29, 0.717) is 5.78 Å². The smallest absolute Gasteiger partial charge is 0.422 e. The maximum atomic E-state index is 15.1. The molecular weight excluding hydrogens is 615 g/mol. The van der Waals surface area contributed by atoms with E-state index in [1.165, 1.54) is 22.2 Å². The number of rotatable bonds is 8. The number of nitrogens with one attached hydrogen (secondary N) is 2. The summed E-state index contributed by atoms with van der Waals surface area (Å²) in [7, 11) is 0. The molecule has 2 N–H and O–H groups in total. The number of hydrogen-bond donors (Lipinski definition) is 2. The summed E-state index contributed by atoms with van der Waals surface area (Å²) in [5.41, 5.74) is -0.454. The lowest BCUT2D eigenvalue weighted by Crippen LogP contribution is -2.51. The highest BCUT2D eigenvalue weighted by Gasteiger charge is 2.35. The number of hydrogen-bond acceptors (Lipinski definition) is 9. The number of nitrogens with zero attached hydrogens (tertiary/aromatic N) is 6. The molecule has 19 heteroatoms. The summed E-state index contributed by atoms with van der Waals surface area (Å²) in [6, 6.07) is 3.52. The highest BCUT2D eigenvalue weighted by Crippen LogP contribution is 2.31. The first-order chi connectivity index (χ1) is 21.4. The van der Waals surface area contributed by atoms with Gasteiger partial charge in [0.25, 0.3) is 5.91 Å². The van der Waals surface area contributed by atoms with E-state index >= 15 is 8.78 Å². The average Bonchev–Trinajstić information content (AvgIpc) is 3.60. The number of imidazole rings is 1. The molecule has 2 aliphatic heterocycles. The van der Waals surface area contributed by atoms with Gasteiger partial charge in [-0.25, -0.2) is 28.3 Å². The van der Waals surface area contributed by atoms with E-state index in [2.05, 4.69) is 20.0 Å². The lowest BCUT2D eigenvalue weighted by Gasteiger charge is -2.36. The van der Waals surface area contributed by atoms with Crippen LogP contribution in [0.1, 0.15) is 10.5 Å². The summed E-state index contributed by atoms with van der Waals surface area (Å²) >= 11 is 0. The molecule has 3 aromatic rings. The lowest BCUT2D eigenvalue weighted by atomic mass is 10.2. The topological polar surface area (TPSA) is 151 Å². The number of piperazine rings is 1. The number of ether oxygens (including phenoxy) is 2. The zero-order valence-corrected chi connectivity index (χ0v) is 23.2. The highest BCUT2D eigenvalue weighted by molar-refractivity contribution is 5.95. The molecular formula is C26H25F5N8O6. The van der Waals surface area contributed by atoms with Gasteiger partial charge < -0.3 is 29.9 Å². The van der Waals surface area contributed by atoms with Crippen molar-refractivity contribution >= 4 is 41.2 Å². The molecule has 0 saturated carbocycles. The van der Waals surface area contributed by atoms with Gasteiger partial charge >= 0.3 is 18.4 Å². The maximum absolute atomic E-state index is 15.1. The van der Waals surface area contributed by atoms with Crippen molar-refractivity contribution in [1.29, 1.82) is 0 Å². The standard InChI is InChI=1S/C26H25F5N8O6/c27-17-8-15(39-12-16(45-25(39)43)10-34-24(42)44-14-26(29,30)31)9-18(28)21(17)37-6-4-36(5-7-37)20(40)11-33-22(41)19-13-38-3-1-2-32-23(38)35-19/h1-3,8-9,13,16H,4-7,10-12,14H2,(H,33,41)(H,34,42)/t16-/m0/s1. The van der Waals surface area contributed by atoms with Crippen molar-refractivity contribution in [2.45, 2.75) is 12.3 Å². The number of amides is 4. The number of carbonyl (C=O) groups excluding carboxylic acids is 4. The molecule has 1 aromatic carbocycles. The molecule has 45 heavy (non-hydrogen) atoms. The molecule has 0 spiro atoms. The first kappa shape index (κ1) is 31.2. The van der Waals surface area contributed by atoms with Crippen LogP contribution < -0.4 is 20.4 Å². The monoisotopic (exact) mass is 640 g/mol. The minimum atomic E-state index is -4.71. The van der Waals surface area contributed by atoms with Gasteiger partial charge in [0.05, 0.1) is 25.3 Å². The maximum Gasteiger partial charge on any atom is 0.422 e. The van der Waals surface area contributed by atoms with Gasteiger partial charge in [0, 0.05) is 56.9 Å². The van der Waals surface area contributed by atoms with Crippen LogP contribution in [0.2, 0.25) is 0 Å². The van der Waals surface area contributed by atoms with Gasteiger partial charge in [-0.3, -0.25) is 18.9 Å². The first-order valence-electron chi connectivity index (χ1n) is 13.4. The zero-order chi connectivity index (χ0) is 32.3. The third kappa shape index (κ3) is 7.47. The van der Waals surface area contributed by atoms with Gasteiger partial charge in [0.15, 0.2) is 18.2 Å². The highest BCUT2D eigenvalue weighted by atomic mass is 19.4. The molecule has 5 rings (SSSR count). The lowest BCUT2D eigenvalue weighted by molar-refractivity contribution is -0.160. The predicted octanol–water partition coefficient (Wildman–Crippen LogP) is 1.70. The second-order valence-corrected chi connectivity index (χ2v) is 9.95. The number of fused-ring (bicyclic) bond motifs is 1. The Labute approximate surface area is 250 Å². The van der Waals surface area contributed by atoms with Crippen molar-refractivity contribution in [3.05, 3.63) is 54.1 Å². The third-order valence-electron chi connectivity index (χ3n) is 6.85. The van der Waals surface area contributed by atoms with Crippen molar-refractivity contribution in [2.75, 3.05) is 62.2 Å². The second-order valence-electron chi connectivity index (χ2n) is 9.95. The van der Waals surface area contributed by atoms with E-state index in [-0.39, 0.29) is 56.3 Å². The van der Waals surface area contributed by atoms with E-state index in [4.69, 9.17) is 4.74 Å². The number of alkyl carbamates (subject to hydrolysis) is 1. The van der Waals surface area contributed by atoms with E-state index in [0.717, 1.165) is 17.0 Å². The predicted molar refractivity (Wildman–Crippen MR) is 143 cm³/mol. The summed E-state index contributed by atoms with van der Waals surface area (Å²) in [5.74, 6) is -2.60. The fourth-order valence-electron chi connectivity index (χ4n) is 4.72. The van der Waals surface area contributed by atoms with Crippen LogP contribution in [0, 0.1) is 11.6 Å². The summed E-state index contributed by atoms with van der Waals surface area (Å²) in [5, 5.41) is 4.53. The number of alkyl halides is 3. The Hall–Kier alpha value is -5.23. The molecule has 0 bridgehead atoms. The molecule has 2 aromatic heterocycles. The Morgan fingerprint density at radius 1 is 1.07 bits per heavy atom. The third-order valence-corrected chi connectivity index (χ3v) is 6.85. The number of halogens is 5. The van der Waals surface area contributed by atoms with Crippen LogP contribution in [-0.4, -0.2) is 108 Å². The fourth-order valence-corrected chi connectivity index (χ4v) is 4.72. The molecule has 2 saturated heterocycles. The summed E-state index contributed by atoms with van der Waals surface area (Å²) < 4.78 is 77.4. The molecule has 4 amide bonds. The number of cyclic esters (lactones) is 1. The van der Waals surface area contributed by atoms with Crippen molar-refractivity contribution in [2.24, 2.45) is 0 Å². The second kappa shape index (κ2) is 12.8. The SMILES string of the molecule is O=C(NC[C@H]1CN(c2cc(F)c(N3CCN(C(=O)CNC(=O)c4cn5cccnc5n4)CC3)c(F)c2)C(=O)O1)OCC(F)(F)F. The number of carbonyl (C=O) groups is 4. The van der Waals surface area contributed by atoms with Crippen LogP contribution in [0.15, 0.2) is 36.8 Å². The van der Waals surface area contributed by atoms with Crippen LogP contribution in [0.3, 0.4) is 0 Å². The molecule has 0 radical (unpaired) electrons. The van der Waals surface area contributed by atoms with E-state index in [1.54, 1.807) is 16.7 Å². The minimum Gasteiger partial charge on any atom is -0.442 e. The van der Waals surface area contributed by atoms with Gasteiger partial charge in [-0.05, 0) is 6.07 Å². The van der Waals surface area contributed by atoms with E-state index in [9.17, 15) is 32.3 Å². The largest absolute Gasteiger partial charge is 0.442 e. The molecule has 4 heterocycles. The van der Waals surface area contributed by atoms with Gasteiger partial charge in [-0.1, -0.05) is 0 Å². The number of benzene rings is 1. The van der Waals surface area contributed by atoms with Crippen molar-refractivity contribution in [1.82, 2.24) is 29.9 Å². The molecule has 240 valence electrons. The number of aromatic nitrogens is 3. The number of anilines is 2. The Morgan fingerprint density at radius 3 is 2.44 bits per heavy atom. The van der Waals surface area contributed by atoms with E-state index in [1.807, 2.05) is 5.32 Å². The molecule has 0 unspecified atom stereocenters. The Kier molecular flexibility index (Phi) is 8.87. The fraction of sp³-hybridized carbons (Fsp3) is 0.385. The van der Waals surface area contributed by atoms with Crippen molar-refractivity contribution < 1.29 is 50.6 Å². The molecule has 14 nitrogen and oxygen atoms in total. The summed E-state index contributed by atoms with van der Waals surface area (Å²) in [6.45, 7) is -2.36. The Bertz CT molecular complexity index is 1550. The van der Waals surface area contributed by atoms with Gasteiger partial charge in [-0.2, -0.15) is 13.2 Å². The quantitative estimate of drug-likeness (QED) is 0.351. The summed E-state index contributed by atoms with van der Waals surface area (Å²) in [4.78, 5) is 60.7. The first-order valence-corrected chi connectivity index (χ1v) is 13.4. The average molecular weight is 641 g/mol. The minimum absolute atomic E-state index is 0.0783.